The second-order valence-corrected chi connectivity index (χ2v) is 6.65. The highest BCUT2D eigenvalue weighted by molar-refractivity contribution is 5.99. The first-order valence-corrected chi connectivity index (χ1v) is 9.06. The van der Waals surface area contributed by atoms with Crippen molar-refractivity contribution in [2.24, 2.45) is 0 Å². The van der Waals surface area contributed by atoms with Crippen LogP contribution < -0.4 is 31.0 Å². The summed E-state index contributed by atoms with van der Waals surface area (Å²) >= 11 is 0. The molecule has 0 saturated heterocycles. The fourth-order valence-electron chi connectivity index (χ4n) is 2.57. The van der Waals surface area contributed by atoms with E-state index in [-0.39, 0.29) is 18.9 Å². The predicted octanol–water partition coefficient (Wildman–Crippen LogP) is 1.70. The number of fused-ring (bicyclic) bond motifs is 1. The number of urea groups is 1. The van der Waals surface area contributed by atoms with Crippen LogP contribution >= 0.6 is 0 Å². The summed E-state index contributed by atoms with van der Waals surface area (Å²) in [6.07, 6.45) is 0. The largest absolute Gasteiger partial charge is 0.454 e. The van der Waals surface area contributed by atoms with Gasteiger partial charge in [0.15, 0.2) is 11.5 Å². The Morgan fingerprint density at radius 1 is 0.897 bits per heavy atom. The molecule has 2 aromatic carbocycles. The van der Waals surface area contributed by atoms with E-state index >= 15 is 0 Å². The molecule has 0 unspecified atom stereocenters. The van der Waals surface area contributed by atoms with Crippen molar-refractivity contribution < 1.29 is 23.9 Å². The van der Waals surface area contributed by atoms with Gasteiger partial charge in [0.05, 0.1) is 0 Å². The third kappa shape index (κ3) is 5.38. The fraction of sp³-hybridized carbons (Fsp3) is 0.250. The summed E-state index contributed by atoms with van der Waals surface area (Å²) in [5.41, 5.74) is 6.26. The molecule has 0 bridgehead atoms. The molecule has 1 aliphatic heterocycles. The van der Waals surface area contributed by atoms with E-state index in [9.17, 15) is 14.4 Å². The number of hydrogen-bond acceptors (Lipinski definition) is 5. The van der Waals surface area contributed by atoms with E-state index < -0.39 is 11.8 Å². The van der Waals surface area contributed by atoms with Crippen molar-refractivity contribution in [3.8, 4) is 11.5 Å². The van der Waals surface area contributed by atoms with E-state index in [0.29, 0.717) is 29.2 Å². The average Bonchev–Trinajstić information content (AvgIpc) is 3.18. The molecule has 29 heavy (non-hydrogen) atoms. The van der Waals surface area contributed by atoms with E-state index in [0.717, 1.165) is 5.56 Å². The summed E-state index contributed by atoms with van der Waals surface area (Å²) in [5.74, 6) is 0.113. The van der Waals surface area contributed by atoms with Crippen molar-refractivity contribution in [1.82, 2.24) is 21.5 Å². The molecule has 9 nitrogen and oxygen atoms in total. The smallest absolute Gasteiger partial charge is 0.315 e. The first-order chi connectivity index (χ1) is 13.9. The van der Waals surface area contributed by atoms with E-state index in [1.165, 1.54) is 0 Å². The topological polar surface area (TPSA) is 118 Å². The Kier molecular flexibility index (Phi) is 6.18. The van der Waals surface area contributed by atoms with Gasteiger partial charge >= 0.3 is 6.03 Å². The van der Waals surface area contributed by atoms with Crippen molar-refractivity contribution in [3.05, 3.63) is 59.2 Å². The van der Waals surface area contributed by atoms with Gasteiger partial charge in [-0.25, -0.2) is 4.79 Å². The lowest BCUT2D eigenvalue weighted by Gasteiger charge is -2.11. The summed E-state index contributed by atoms with van der Waals surface area (Å²) in [6, 6.07) is 11.2. The number of rotatable bonds is 5. The molecule has 152 valence electrons. The van der Waals surface area contributed by atoms with Crippen LogP contribution in [0.2, 0.25) is 0 Å². The molecule has 4 N–H and O–H groups in total. The molecule has 1 heterocycles. The number of benzene rings is 2. The Hall–Kier alpha value is -3.75. The molecule has 0 aliphatic carbocycles. The molecule has 0 radical (unpaired) electrons. The maximum atomic E-state index is 12.2. The lowest BCUT2D eigenvalue weighted by Crippen LogP contribution is -2.41. The van der Waals surface area contributed by atoms with Crippen LogP contribution in [0, 0.1) is 0 Å². The lowest BCUT2D eigenvalue weighted by molar-refractivity contribution is 0.0846. The molecule has 9 heteroatoms. The third-order valence-corrected chi connectivity index (χ3v) is 4.01. The number of amides is 4. The van der Waals surface area contributed by atoms with Gasteiger partial charge in [0.25, 0.3) is 11.8 Å². The molecule has 0 saturated carbocycles. The summed E-state index contributed by atoms with van der Waals surface area (Å²) in [5, 5.41) is 5.46. The van der Waals surface area contributed by atoms with Crippen molar-refractivity contribution in [2.45, 2.75) is 26.4 Å². The van der Waals surface area contributed by atoms with Crippen molar-refractivity contribution in [1.29, 1.82) is 0 Å². The number of nitrogens with one attached hydrogen (secondary N) is 4. The van der Waals surface area contributed by atoms with Crippen LogP contribution in [0.4, 0.5) is 4.79 Å². The normalized spacial score (nSPS) is 11.7. The average molecular weight is 398 g/mol. The van der Waals surface area contributed by atoms with Gasteiger partial charge in [0.1, 0.15) is 0 Å². The number of carbonyl (C=O) groups is 3. The zero-order chi connectivity index (χ0) is 20.8. The maximum absolute atomic E-state index is 12.2. The number of ether oxygens (including phenoxy) is 2. The van der Waals surface area contributed by atoms with Gasteiger partial charge in [-0.15, -0.1) is 0 Å². The van der Waals surface area contributed by atoms with Crippen LogP contribution in [0.3, 0.4) is 0 Å². The molecular weight excluding hydrogens is 376 g/mol. The molecule has 1 aliphatic rings. The van der Waals surface area contributed by atoms with Gasteiger partial charge in [-0.1, -0.05) is 12.1 Å². The van der Waals surface area contributed by atoms with Gasteiger partial charge < -0.3 is 20.1 Å². The monoisotopic (exact) mass is 398 g/mol. The second-order valence-electron chi connectivity index (χ2n) is 6.65. The number of hydrogen-bond donors (Lipinski definition) is 4. The number of carbonyl (C=O) groups excluding carboxylic acids is 3. The molecule has 0 atom stereocenters. The molecule has 3 rings (SSSR count). The van der Waals surface area contributed by atoms with Gasteiger partial charge in [0.2, 0.25) is 6.79 Å². The summed E-state index contributed by atoms with van der Waals surface area (Å²) < 4.78 is 10.4. The second kappa shape index (κ2) is 8.96. The Balaban J connectivity index is 1.49. The summed E-state index contributed by atoms with van der Waals surface area (Å²) in [4.78, 5) is 36.0. The zero-order valence-corrected chi connectivity index (χ0v) is 16.1. The quantitative estimate of drug-likeness (QED) is 0.572. The van der Waals surface area contributed by atoms with Crippen LogP contribution in [0.15, 0.2) is 42.5 Å². The Morgan fingerprint density at radius 3 is 2.21 bits per heavy atom. The first-order valence-electron chi connectivity index (χ1n) is 9.06. The van der Waals surface area contributed by atoms with Gasteiger partial charge in [0, 0.05) is 23.7 Å². The first kappa shape index (κ1) is 20.0. The molecule has 0 fully saturated rings. The lowest BCUT2D eigenvalue weighted by atomic mass is 10.1. The molecule has 0 aromatic heterocycles. The van der Waals surface area contributed by atoms with Crippen LogP contribution in [0.5, 0.6) is 11.5 Å². The van der Waals surface area contributed by atoms with Gasteiger partial charge in [-0.05, 0) is 49.7 Å². The standard InChI is InChI=1S/C20H22N4O5/c1-12(2)22-20(27)21-10-13-3-5-14(6-4-13)18(25)23-24-19(26)15-7-8-16-17(9-15)29-11-28-16/h3-9,12H,10-11H2,1-2H3,(H,23,25)(H,24,26)(H2,21,22,27). The molecule has 2 aromatic rings. The van der Waals surface area contributed by atoms with E-state index in [2.05, 4.69) is 21.5 Å². The van der Waals surface area contributed by atoms with Crippen molar-refractivity contribution >= 4 is 17.8 Å². The molecule has 0 spiro atoms. The fourth-order valence-corrected chi connectivity index (χ4v) is 2.57. The Bertz CT molecular complexity index is 912. The minimum Gasteiger partial charge on any atom is -0.454 e. The van der Waals surface area contributed by atoms with E-state index in [4.69, 9.17) is 9.47 Å². The zero-order valence-electron chi connectivity index (χ0n) is 16.1. The summed E-state index contributed by atoms with van der Waals surface area (Å²) in [6.45, 7) is 4.20. The van der Waals surface area contributed by atoms with Crippen molar-refractivity contribution in [2.75, 3.05) is 6.79 Å². The van der Waals surface area contributed by atoms with Crippen LogP contribution in [-0.2, 0) is 6.54 Å². The summed E-state index contributed by atoms with van der Waals surface area (Å²) in [7, 11) is 0. The minimum atomic E-state index is -0.478. The minimum absolute atomic E-state index is 0.0499. The van der Waals surface area contributed by atoms with Crippen LogP contribution in [0.1, 0.15) is 40.1 Å². The highest BCUT2D eigenvalue weighted by Crippen LogP contribution is 2.32. The maximum Gasteiger partial charge on any atom is 0.315 e. The highest BCUT2D eigenvalue weighted by Gasteiger charge is 2.16. The predicted molar refractivity (Wildman–Crippen MR) is 104 cm³/mol. The van der Waals surface area contributed by atoms with E-state index in [1.807, 2.05) is 13.8 Å². The Labute approximate surface area is 167 Å². The molecule has 4 amide bonds. The Morgan fingerprint density at radius 2 is 1.52 bits per heavy atom. The number of hydrazine groups is 1. The SMILES string of the molecule is CC(C)NC(=O)NCc1ccc(C(=O)NNC(=O)c2ccc3c(c2)OCO3)cc1. The van der Waals surface area contributed by atoms with E-state index in [1.54, 1.807) is 42.5 Å². The third-order valence-electron chi connectivity index (χ3n) is 4.01. The van der Waals surface area contributed by atoms with Gasteiger partial charge in [-0.3, -0.25) is 20.4 Å². The van der Waals surface area contributed by atoms with Gasteiger partial charge in [-0.2, -0.15) is 0 Å². The van der Waals surface area contributed by atoms with Crippen LogP contribution in [0.25, 0.3) is 0 Å². The van der Waals surface area contributed by atoms with Crippen LogP contribution in [-0.4, -0.2) is 30.7 Å². The van der Waals surface area contributed by atoms with Crippen molar-refractivity contribution in [3.63, 3.8) is 0 Å². The molecular formula is C20H22N4O5. The highest BCUT2D eigenvalue weighted by atomic mass is 16.7.